The van der Waals surface area contributed by atoms with Crippen molar-refractivity contribution < 1.29 is 22.4 Å². The van der Waals surface area contributed by atoms with Crippen molar-refractivity contribution in [1.82, 2.24) is 5.32 Å². The average Bonchev–Trinajstić information content (AvgIpc) is 2.58. The van der Waals surface area contributed by atoms with Gasteiger partial charge in [-0.3, -0.25) is 12.5 Å². The van der Waals surface area contributed by atoms with Crippen LogP contribution in [0.3, 0.4) is 0 Å². The first-order valence-electron chi connectivity index (χ1n) is 7.36. The molecule has 8 heteroatoms. The van der Waals surface area contributed by atoms with Crippen LogP contribution in [0.1, 0.15) is 19.3 Å². The van der Waals surface area contributed by atoms with Crippen molar-refractivity contribution in [3.8, 4) is 0 Å². The Kier molecular flexibility index (Phi) is 9.69. The number of rotatable bonds is 12. The van der Waals surface area contributed by atoms with E-state index in [2.05, 4.69) is 10.3 Å². The van der Waals surface area contributed by atoms with Crippen LogP contribution in [0.4, 0.5) is 0 Å². The molecule has 1 heterocycles. The third-order valence-corrected chi connectivity index (χ3v) is 5.45. The first-order chi connectivity index (χ1) is 10.7. The number of hydrogen-bond acceptors (Lipinski definition) is 7. The number of aliphatic hydroxyl groups is 1. The van der Waals surface area contributed by atoms with Gasteiger partial charge in [-0.25, -0.2) is 4.99 Å². The highest BCUT2D eigenvalue weighted by Crippen LogP contribution is 2.49. The summed E-state index contributed by atoms with van der Waals surface area (Å²) < 4.78 is 21.3. The van der Waals surface area contributed by atoms with Gasteiger partial charge >= 0.3 is 0 Å². The zero-order valence-corrected chi connectivity index (χ0v) is 14.4. The molecule has 1 aliphatic heterocycles. The van der Waals surface area contributed by atoms with E-state index in [0.717, 1.165) is 25.1 Å². The summed E-state index contributed by atoms with van der Waals surface area (Å²) >= 11 is 0. The molecule has 0 aromatic carbocycles. The number of ether oxygens (including phenoxy) is 1. The number of aliphatic hydroxyl groups excluding tert-OH is 1. The first kappa shape index (κ1) is 19.4. The minimum atomic E-state index is -1.91. The molecule has 0 aromatic rings. The van der Waals surface area contributed by atoms with E-state index >= 15 is 0 Å². The Hall–Kier alpha value is -0.640. The molecule has 1 rings (SSSR count). The summed E-state index contributed by atoms with van der Waals surface area (Å²) in [6.45, 7) is 1.22. The molecule has 0 aliphatic carbocycles. The second-order valence-electron chi connectivity index (χ2n) is 4.70. The Morgan fingerprint density at radius 1 is 1.27 bits per heavy atom. The normalized spacial score (nSPS) is 17.2. The van der Waals surface area contributed by atoms with E-state index in [1.807, 2.05) is 12.3 Å². The molecule has 0 bridgehead atoms. The van der Waals surface area contributed by atoms with Crippen molar-refractivity contribution in [3.63, 3.8) is 0 Å². The second-order valence-corrected chi connectivity index (χ2v) is 7.23. The monoisotopic (exact) mass is 336 g/mol. The van der Waals surface area contributed by atoms with Crippen molar-refractivity contribution >= 4 is 17.1 Å². The van der Waals surface area contributed by atoms with Gasteiger partial charge in [-0.15, -0.1) is 0 Å². The first-order valence-corrected chi connectivity index (χ1v) is 8.93. The summed E-state index contributed by atoms with van der Waals surface area (Å²) in [5.74, 6) is 1.45. The molecule has 7 nitrogen and oxygen atoms in total. The van der Waals surface area contributed by atoms with Crippen LogP contribution in [0.25, 0.3) is 0 Å². The highest BCUT2D eigenvalue weighted by molar-refractivity contribution is 8.21. The Morgan fingerprint density at radius 2 is 2.00 bits per heavy atom. The molecular formula is C14H28N2O5S. The fourth-order valence-electron chi connectivity index (χ4n) is 1.92. The van der Waals surface area contributed by atoms with Gasteiger partial charge in [0.1, 0.15) is 5.82 Å². The molecule has 0 spiro atoms. The molecule has 0 aromatic heterocycles. The lowest BCUT2D eigenvalue weighted by molar-refractivity contribution is 0.0383. The van der Waals surface area contributed by atoms with E-state index < -0.39 is 17.0 Å². The number of allylic oxidation sites excluding steroid dienone is 1. The molecule has 0 saturated carbocycles. The summed E-state index contributed by atoms with van der Waals surface area (Å²) in [4.78, 5) is 4.20. The van der Waals surface area contributed by atoms with Crippen molar-refractivity contribution in [3.05, 3.63) is 11.9 Å². The van der Waals surface area contributed by atoms with Crippen LogP contribution in [0.15, 0.2) is 16.9 Å². The van der Waals surface area contributed by atoms with Crippen LogP contribution < -0.4 is 5.32 Å². The van der Waals surface area contributed by atoms with E-state index in [9.17, 15) is 5.11 Å². The van der Waals surface area contributed by atoms with Gasteiger partial charge in [-0.1, -0.05) is 0 Å². The fraction of sp³-hybridized carbons (Fsp3) is 0.786. The second kappa shape index (κ2) is 11.0. The van der Waals surface area contributed by atoms with E-state index in [1.165, 1.54) is 0 Å². The van der Waals surface area contributed by atoms with Gasteiger partial charge in [-0.2, -0.15) is 0 Å². The maximum absolute atomic E-state index is 9.84. The van der Waals surface area contributed by atoms with Gasteiger partial charge in [0.05, 0.1) is 44.9 Å². The Balaban J connectivity index is 2.08. The highest BCUT2D eigenvalue weighted by Gasteiger charge is 2.22. The van der Waals surface area contributed by atoms with Gasteiger partial charge < -0.3 is 15.2 Å². The van der Waals surface area contributed by atoms with Crippen LogP contribution in [-0.4, -0.2) is 64.3 Å². The zero-order chi connectivity index (χ0) is 16.3. The zero-order valence-electron chi connectivity index (χ0n) is 13.6. The Bertz CT molecular complexity index is 353. The number of nitrogens with one attached hydrogen (secondary N) is 1. The molecule has 1 aliphatic rings. The van der Waals surface area contributed by atoms with Gasteiger partial charge in [0.2, 0.25) is 0 Å². The van der Waals surface area contributed by atoms with Gasteiger partial charge in [-0.05, 0) is 25.3 Å². The molecule has 2 N–H and O–H groups in total. The average molecular weight is 336 g/mol. The smallest absolute Gasteiger partial charge is 0.121 e. The van der Waals surface area contributed by atoms with E-state index in [0.29, 0.717) is 18.9 Å². The lowest BCUT2D eigenvalue weighted by Gasteiger charge is -2.33. The lowest BCUT2D eigenvalue weighted by atomic mass is 10.2. The van der Waals surface area contributed by atoms with Crippen molar-refractivity contribution in [2.24, 2.45) is 4.99 Å². The molecule has 1 atom stereocenters. The summed E-state index contributed by atoms with van der Waals surface area (Å²) in [5, 5.41) is 12.9. The molecule has 0 radical (unpaired) electrons. The summed E-state index contributed by atoms with van der Waals surface area (Å²) in [6.07, 6.45) is 6.03. The molecule has 0 saturated heterocycles. The SMILES string of the molecule is COS(CCCOCC(O)CNC1=CCCC=N1)(OC)OC. The molecule has 130 valence electrons. The minimum Gasteiger partial charge on any atom is -0.389 e. The summed E-state index contributed by atoms with van der Waals surface area (Å²) in [5.41, 5.74) is 0. The molecule has 1 unspecified atom stereocenters. The maximum Gasteiger partial charge on any atom is 0.121 e. The molecule has 22 heavy (non-hydrogen) atoms. The van der Waals surface area contributed by atoms with E-state index in [4.69, 9.17) is 17.3 Å². The highest BCUT2D eigenvalue weighted by atomic mass is 32.3. The minimum absolute atomic E-state index is 0.277. The van der Waals surface area contributed by atoms with Crippen LogP contribution in [0, 0.1) is 0 Å². The van der Waals surface area contributed by atoms with Crippen LogP contribution in [0.2, 0.25) is 0 Å². The van der Waals surface area contributed by atoms with Crippen molar-refractivity contribution in [2.45, 2.75) is 25.4 Å². The third-order valence-electron chi connectivity index (χ3n) is 3.14. The van der Waals surface area contributed by atoms with Gasteiger partial charge in [0.15, 0.2) is 0 Å². The molecular weight excluding hydrogens is 308 g/mol. The lowest BCUT2D eigenvalue weighted by Crippen LogP contribution is -2.30. The number of hydrogen-bond donors (Lipinski definition) is 2. The van der Waals surface area contributed by atoms with Crippen LogP contribution >= 0.6 is 10.9 Å². The van der Waals surface area contributed by atoms with Gasteiger partial charge in [0.25, 0.3) is 0 Å². The van der Waals surface area contributed by atoms with Crippen LogP contribution in [-0.2, 0) is 17.3 Å². The Labute approximate surface area is 134 Å². The largest absolute Gasteiger partial charge is 0.389 e. The quantitative estimate of drug-likeness (QED) is 0.526. The Morgan fingerprint density at radius 3 is 2.59 bits per heavy atom. The number of nitrogens with zero attached hydrogens (tertiary/aromatic N) is 1. The topological polar surface area (TPSA) is 81.5 Å². The maximum atomic E-state index is 9.84. The number of aliphatic imine (C=N–C) groups is 1. The summed E-state index contributed by atoms with van der Waals surface area (Å²) in [7, 11) is 2.80. The van der Waals surface area contributed by atoms with E-state index in [-0.39, 0.29) is 6.61 Å². The summed E-state index contributed by atoms with van der Waals surface area (Å²) in [6, 6.07) is 0. The predicted octanol–water partition coefficient (Wildman–Crippen LogP) is 1.54. The fourth-order valence-corrected chi connectivity index (χ4v) is 3.30. The van der Waals surface area contributed by atoms with Crippen LogP contribution in [0.5, 0.6) is 0 Å². The van der Waals surface area contributed by atoms with Crippen molar-refractivity contribution in [1.29, 1.82) is 0 Å². The van der Waals surface area contributed by atoms with E-state index in [1.54, 1.807) is 21.3 Å². The standard InChI is InChI=1S/C14H28N2O5S/c1-18-22(19-2,20-3)10-6-9-21-12-13(17)11-16-14-7-4-5-8-15-14/h7-8,13,16-17H,4-6,9-12H2,1-3H3. The third kappa shape index (κ3) is 7.08. The molecule has 0 amide bonds. The predicted molar refractivity (Wildman–Crippen MR) is 88.7 cm³/mol. The molecule has 0 fully saturated rings. The van der Waals surface area contributed by atoms with Crippen molar-refractivity contribution in [2.75, 3.05) is 46.8 Å². The van der Waals surface area contributed by atoms with Gasteiger partial charge in [0, 0.05) is 25.1 Å².